The van der Waals surface area contributed by atoms with Gasteiger partial charge in [-0.25, -0.2) is 0 Å². The van der Waals surface area contributed by atoms with E-state index in [1.807, 2.05) is 32.9 Å². The number of hydrogen-bond donors (Lipinski definition) is 0. The second kappa shape index (κ2) is 11.0. The van der Waals surface area contributed by atoms with Gasteiger partial charge in [0.05, 0.1) is 5.30 Å². The predicted octanol–water partition coefficient (Wildman–Crippen LogP) is 8.51. The fourth-order valence-corrected chi connectivity index (χ4v) is 6.31. The second-order valence-corrected chi connectivity index (χ2v) is 12.2. The number of carbonyl (C=O) groups excluding carboxylic acids is 2. The Bertz CT molecular complexity index is 1290. The van der Waals surface area contributed by atoms with Crippen LogP contribution in [0.4, 0.5) is 0 Å². The van der Waals surface area contributed by atoms with E-state index in [1.54, 1.807) is 24.3 Å². The van der Waals surface area contributed by atoms with E-state index < -0.39 is 13.3 Å². The number of carbonyl (C=O) groups is 2. The van der Waals surface area contributed by atoms with Crippen molar-refractivity contribution < 1.29 is 14.2 Å². The van der Waals surface area contributed by atoms with Crippen LogP contribution < -0.4 is 5.30 Å². The lowest BCUT2D eigenvalue weighted by atomic mass is 9.81. The average molecular weight is 502 g/mol. The van der Waals surface area contributed by atoms with Crippen molar-refractivity contribution in [2.75, 3.05) is 0 Å². The lowest BCUT2D eigenvalue weighted by Crippen LogP contribution is -2.20. The smallest absolute Gasteiger partial charge is 0.247 e. The highest BCUT2D eigenvalue weighted by molar-refractivity contribution is 7.71. The molecule has 0 saturated carbocycles. The monoisotopic (exact) mass is 501 g/mol. The predicted molar refractivity (Wildman–Crippen MR) is 151 cm³/mol. The Labute approximate surface area is 217 Å². The van der Waals surface area contributed by atoms with Crippen molar-refractivity contribution in [2.24, 2.45) is 0 Å². The van der Waals surface area contributed by atoms with Crippen molar-refractivity contribution in [3.8, 4) is 0 Å². The van der Waals surface area contributed by atoms with Gasteiger partial charge in [0, 0.05) is 16.7 Å². The molecule has 0 N–H and O–H groups in total. The standard InChI is InChI=1S/C32H38O3P/c1-18(2)24-16-26(19(3)4)30(27(17-24)20(5)6)31(33)25-12-10-11-13-28(25)36(35)32(34)29-22(8)14-21(7)15-23(29)9/h10-20H,1-9H3. The molecule has 0 aromatic heterocycles. The molecule has 3 nitrogen and oxygen atoms in total. The van der Waals surface area contributed by atoms with Crippen LogP contribution in [0.25, 0.3) is 0 Å². The number of benzene rings is 3. The maximum absolute atomic E-state index is 14.2. The average Bonchev–Trinajstić information content (AvgIpc) is 2.81. The lowest BCUT2D eigenvalue weighted by Gasteiger charge is -2.22. The molecule has 0 aliphatic heterocycles. The van der Waals surface area contributed by atoms with Crippen LogP contribution in [0, 0.1) is 20.8 Å². The molecule has 0 heterocycles. The molecular formula is C32H38O3P. The minimum atomic E-state index is -2.47. The van der Waals surface area contributed by atoms with Gasteiger partial charge >= 0.3 is 0 Å². The molecular weight excluding hydrogens is 463 g/mol. The first-order valence-corrected chi connectivity index (χ1v) is 14.0. The molecule has 36 heavy (non-hydrogen) atoms. The van der Waals surface area contributed by atoms with E-state index in [4.69, 9.17) is 0 Å². The zero-order valence-electron chi connectivity index (χ0n) is 23.0. The maximum atomic E-state index is 14.2. The molecule has 1 atom stereocenters. The van der Waals surface area contributed by atoms with Gasteiger partial charge < -0.3 is 0 Å². The van der Waals surface area contributed by atoms with Gasteiger partial charge in [-0.2, -0.15) is 0 Å². The van der Waals surface area contributed by atoms with Crippen LogP contribution in [0.5, 0.6) is 0 Å². The molecule has 0 aliphatic carbocycles. The highest BCUT2D eigenvalue weighted by Crippen LogP contribution is 2.36. The minimum absolute atomic E-state index is 0.139. The normalized spacial score (nSPS) is 11.9. The molecule has 0 spiro atoms. The van der Waals surface area contributed by atoms with Crippen LogP contribution in [0.1, 0.15) is 119 Å². The first-order chi connectivity index (χ1) is 16.8. The van der Waals surface area contributed by atoms with Gasteiger partial charge in [0.1, 0.15) is 0 Å². The van der Waals surface area contributed by atoms with Crippen LogP contribution in [-0.2, 0) is 4.57 Å². The summed E-state index contributed by atoms with van der Waals surface area (Å²) < 4.78 is 13.7. The Hall–Kier alpha value is -2.90. The molecule has 4 heteroatoms. The van der Waals surface area contributed by atoms with Crippen molar-refractivity contribution in [1.82, 2.24) is 0 Å². The van der Waals surface area contributed by atoms with Gasteiger partial charge in [-0.15, -0.1) is 0 Å². The van der Waals surface area contributed by atoms with E-state index in [0.717, 1.165) is 27.8 Å². The van der Waals surface area contributed by atoms with E-state index in [-0.39, 0.29) is 17.6 Å². The summed E-state index contributed by atoms with van der Waals surface area (Å²) in [4.78, 5) is 27.7. The Morgan fingerprint density at radius 1 is 0.694 bits per heavy atom. The summed E-state index contributed by atoms with van der Waals surface area (Å²) >= 11 is 0. The third kappa shape index (κ3) is 5.42. The Kier molecular flexibility index (Phi) is 8.47. The van der Waals surface area contributed by atoms with Crippen molar-refractivity contribution in [3.05, 3.63) is 98.6 Å². The number of rotatable bonds is 8. The highest BCUT2D eigenvalue weighted by Gasteiger charge is 2.29. The molecule has 1 unspecified atom stereocenters. The summed E-state index contributed by atoms with van der Waals surface area (Å²) in [6, 6.07) is 15.0. The molecule has 0 aliphatic rings. The van der Waals surface area contributed by atoms with E-state index >= 15 is 0 Å². The fraction of sp³-hybridized carbons (Fsp3) is 0.375. The Morgan fingerprint density at radius 2 is 1.19 bits per heavy atom. The Morgan fingerprint density at radius 3 is 1.67 bits per heavy atom. The summed E-state index contributed by atoms with van der Waals surface area (Å²) in [5.74, 6) is 0.451. The van der Waals surface area contributed by atoms with E-state index in [0.29, 0.717) is 27.9 Å². The van der Waals surface area contributed by atoms with Crippen molar-refractivity contribution in [2.45, 2.75) is 80.1 Å². The van der Waals surface area contributed by atoms with Gasteiger partial charge in [-0.1, -0.05) is 83.5 Å². The number of hydrogen-bond acceptors (Lipinski definition) is 3. The number of ketones is 1. The third-order valence-electron chi connectivity index (χ3n) is 6.80. The van der Waals surface area contributed by atoms with E-state index in [1.165, 1.54) is 5.56 Å². The molecule has 189 valence electrons. The van der Waals surface area contributed by atoms with Crippen LogP contribution in [0.2, 0.25) is 0 Å². The molecule has 0 saturated heterocycles. The van der Waals surface area contributed by atoms with Crippen molar-refractivity contribution >= 4 is 24.4 Å². The zero-order chi connectivity index (χ0) is 26.9. The topological polar surface area (TPSA) is 51.2 Å². The van der Waals surface area contributed by atoms with Crippen LogP contribution >= 0.6 is 7.80 Å². The van der Waals surface area contributed by atoms with Gasteiger partial charge in [0.25, 0.3) is 0 Å². The molecule has 3 aromatic rings. The van der Waals surface area contributed by atoms with Crippen LogP contribution in [0.3, 0.4) is 0 Å². The molecule has 1 radical (unpaired) electrons. The van der Waals surface area contributed by atoms with Crippen molar-refractivity contribution in [3.63, 3.8) is 0 Å². The summed E-state index contributed by atoms with van der Waals surface area (Å²) in [5, 5.41) is 0.305. The highest BCUT2D eigenvalue weighted by atomic mass is 31.1. The summed E-state index contributed by atoms with van der Waals surface area (Å²) in [6.45, 7) is 18.4. The van der Waals surface area contributed by atoms with Gasteiger partial charge in [0.2, 0.25) is 5.52 Å². The van der Waals surface area contributed by atoms with Crippen molar-refractivity contribution in [1.29, 1.82) is 0 Å². The van der Waals surface area contributed by atoms with E-state index in [9.17, 15) is 14.2 Å². The largest absolute Gasteiger partial charge is 0.289 e. The fourth-order valence-electron chi connectivity index (χ4n) is 4.92. The lowest BCUT2D eigenvalue weighted by molar-refractivity contribution is 0.103. The first kappa shape index (κ1) is 27.7. The summed E-state index contributed by atoms with van der Waals surface area (Å²) in [7, 11) is -2.47. The van der Waals surface area contributed by atoms with E-state index in [2.05, 4.69) is 53.7 Å². The first-order valence-electron chi connectivity index (χ1n) is 12.8. The molecule has 0 amide bonds. The quantitative estimate of drug-likeness (QED) is 0.230. The molecule has 0 bridgehead atoms. The SMILES string of the molecule is Cc1cc(C)c(C(=O)[P](=O)c2ccccc2C(=O)c2c(C(C)C)cc(C(C)C)cc2C(C)C)c(C)c1. The zero-order valence-corrected chi connectivity index (χ0v) is 23.9. The minimum Gasteiger partial charge on any atom is -0.289 e. The molecule has 3 aromatic carbocycles. The second-order valence-electron chi connectivity index (χ2n) is 10.8. The van der Waals surface area contributed by atoms with Gasteiger partial charge in [0.15, 0.2) is 13.6 Å². The van der Waals surface area contributed by atoms with Crippen LogP contribution in [0.15, 0.2) is 48.5 Å². The third-order valence-corrected chi connectivity index (χ3v) is 8.22. The molecule has 0 fully saturated rings. The maximum Gasteiger partial charge on any atom is 0.247 e. The summed E-state index contributed by atoms with van der Waals surface area (Å²) in [6.07, 6.45) is 0. The molecule has 3 rings (SSSR count). The summed E-state index contributed by atoms with van der Waals surface area (Å²) in [5.41, 5.74) is 6.94. The van der Waals surface area contributed by atoms with Crippen LogP contribution in [-0.4, -0.2) is 11.3 Å². The van der Waals surface area contributed by atoms with Gasteiger partial charge in [-0.05, 0) is 78.5 Å². The number of aryl methyl sites for hydroxylation is 3. The Balaban J connectivity index is 2.20. The van der Waals surface area contributed by atoms with Gasteiger partial charge in [-0.3, -0.25) is 14.2 Å².